The minimum atomic E-state index is -2.70. The predicted octanol–water partition coefficient (Wildman–Crippen LogP) is 7.81. The maximum absolute atomic E-state index is 13.0. The van der Waals surface area contributed by atoms with Crippen LogP contribution in [0.5, 0.6) is 5.75 Å². The van der Waals surface area contributed by atoms with Crippen LogP contribution in [0.4, 0.5) is 28.8 Å². The lowest BCUT2D eigenvalue weighted by molar-refractivity contribution is 0.0721. The van der Waals surface area contributed by atoms with E-state index in [2.05, 4.69) is 49.5 Å². The third-order valence-electron chi connectivity index (χ3n) is 8.96. The van der Waals surface area contributed by atoms with Crippen LogP contribution in [0.15, 0.2) is 30.5 Å². The van der Waals surface area contributed by atoms with Crippen molar-refractivity contribution in [3.8, 4) is 5.75 Å². The molecule has 1 spiro atoms. The van der Waals surface area contributed by atoms with Crippen LogP contribution in [0.2, 0.25) is 15.1 Å². The van der Waals surface area contributed by atoms with Gasteiger partial charge in [-0.05, 0) is 82.3 Å². The highest BCUT2D eigenvalue weighted by Crippen LogP contribution is 2.47. The standard InChI is InChI=1S/C31H38Cl3N6O2P/c1-5-19-12-24(27(42-2)15-26(19)40-17-31(18-40)8-10-39(11-9-31)20-6-7-20)37-30-35-16-23(34)29(38-30)36-25-13-21(32)22(33)14-28(25)43(3,4)41/h12-16,20H,5-11,17-18H2,1-4H3,(H2,35,36,37,38). The summed E-state index contributed by atoms with van der Waals surface area (Å²) in [5.41, 5.74) is 4.21. The Morgan fingerprint density at radius 3 is 2.33 bits per heavy atom. The molecule has 0 bridgehead atoms. The first-order valence-corrected chi connectivity index (χ1v) is 18.5. The lowest BCUT2D eigenvalue weighted by atomic mass is 9.71. The van der Waals surface area contributed by atoms with Crippen molar-refractivity contribution in [3.63, 3.8) is 0 Å². The normalized spacial score (nSPS) is 18.4. The zero-order valence-electron chi connectivity index (χ0n) is 25.0. The molecule has 2 N–H and O–H groups in total. The van der Waals surface area contributed by atoms with Crippen molar-refractivity contribution in [2.24, 2.45) is 5.41 Å². The molecule has 12 heteroatoms. The molecule has 6 rings (SSSR count). The summed E-state index contributed by atoms with van der Waals surface area (Å²) in [5, 5.41) is 8.04. The van der Waals surface area contributed by atoms with Gasteiger partial charge < -0.3 is 29.7 Å². The third-order valence-corrected chi connectivity index (χ3v) is 11.5. The van der Waals surface area contributed by atoms with Gasteiger partial charge in [0.2, 0.25) is 5.95 Å². The van der Waals surface area contributed by atoms with Crippen molar-refractivity contribution in [1.29, 1.82) is 0 Å². The predicted molar refractivity (Wildman–Crippen MR) is 180 cm³/mol. The van der Waals surface area contributed by atoms with Crippen LogP contribution in [-0.4, -0.2) is 67.5 Å². The van der Waals surface area contributed by atoms with E-state index in [4.69, 9.17) is 39.5 Å². The molecule has 230 valence electrons. The summed E-state index contributed by atoms with van der Waals surface area (Å²) in [6, 6.07) is 8.37. The van der Waals surface area contributed by atoms with E-state index in [1.165, 1.54) is 56.2 Å². The van der Waals surface area contributed by atoms with Gasteiger partial charge in [-0.3, -0.25) is 0 Å². The number of nitrogens with zero attached hydrogens (tertiary/aromatic N) is 4. The fourth-order valence-corrected chi connectivity index (χ4v) is 8.04. The molecule has 3 heterocycles. The molecule has 0 unspecified atom stereocenters. The highest BCUT2D eigenvalue weighted by atomic mass is 35.5. The van der Waals surface area contributed by atoms with E-state index in [1.807, 2.05) is 0 Å². The Kier molecular flexibility index (Phi) is 8.55. The molecule has 1 saturated carbocycles. The van der Waals surface area contributed by atoms with E-state index in [-0.39, 0.29) is 0 Å². The highest BCUT2D eigenvalue weighted by molar-refractivity contribution is 7.70. The lowest BCUT2D eigenvalue weighted by Gasteiger charge is -2.55. The summed E-state index contributed by atoms with van der Waals surface area (Å²) in [4.78, 5) is 14.2. The van der Waals surface area contributed by atoms with Gasteiger partial charge in [-0.2, -0.15) is 4.98 Å². The fraction of sp³-hybridized carbons (Fsp3) is 0.484. The minimum absolute atomic E-state index is 0.302. The van der Waals surface area contributed by atoms with Gasteiger partial charge in [-0.15, -0.1) is 0 Å². The second kappa shape index (κ2) is 11.9. The number of hydrogen-bond acceptors (Lipinski definition) is 8. The summed E-state index contributed by atoms with van der Waals surface area (Å²) < 4.78 is 18.8. The first kappa shape index (κ1) is 30.8. The molecule has 3 aromatic rings. The van der Waals surface area contributed by atoms with Crippen molar-refractivity contribution in [2.45, 2.75) is 45.1 Å². The molecule has 3 fully saturated rings. The van der Waals surface area contributed by atoms with Crippen molar-refractivity contribution < 1.29 is 9.30 Å². The van der Waals surface area contributed by atoms with Crippen LogP contribution in [0, 0.1) is 5.41 Å². The highest BCUT2D eigenvalue weighted by Gasteiger charge is 2.47. The molecule has 8 nitrogen and oxygen atoms in total. The quantitative estimate of drug-likeness (QED) is 0.225. The van der Waals surface area contributed by atoms with Gasteiger partial charge in [-0.25, -0.2) is 4.98 Å². The molecular formula is C31H38Cl3N6O2P. The number of methoxy groups -OCH3 is 1. The molecule has 2 saturated heterocycles. The average Bonchev–Trinajstić information content (AvgIpc) is 3.80. The molecule has 43 heavy (non-hydrogen) atoms. The van der Waals surface area contributed by atoms with E-state index in [0.29, 0.717) is 43.2 Å². The minimum Gasteiger partial charge on any atom is -0.494 e. The Morgan fingerprint density at radius 2 is 1.70 bits per heavy atom. The van der Waals surface area contributed by atoms with Crippen LogP contribution in [0.1, 0.15) is 38.2 Å². The van der Waals surface area contributed by atoms with Gasteiger partial charge in [0.05, 0.1) is 34.7 Å². The zero-order chi connectivity index (χ0) is 30.5. The Hall–Kier alpha value is -2.22. The largest absolute Gasteiger partial charge is 0.494 e. The maximum Gasteiger partial charge on any atom is 0.229 e. The first-order valence-electron chi connectivity index (χ1n) is 14.8. The van der Waals surface area contributed by atoms with E-state index < -0.39 is 7.14 Å². The molecule has 0 amide bonds. The zero-order valence-corrected chi connectivity index (χ0v) is 28.2. The van der Waals surface area contributed by atoms with E-state index >= 15 is 0 Å². The maximum atomic E-state index is 13.0. The molecule has 0 atom stereocenters. The second-order valence-electron chi connectivity index (χ2n) is 12.4. The number of piperidine rings is 1. The summed E-state index contributed by atoms with van der Waals surface area (Å²) in [7, 11) is -1.02. The number of anilines is 5. The van der Waals surface area contributed by atoms with E-state index in [0.717, 1.165) is 37.0 Å². The van der Waals surface area contributed by atoms with Crippen LogP contribution >= 0.6 is 41.9 Å². The number of halogens is 3. The number of rotatable bonds is 9. The van der Waals surface area contributed by atoms with E-state index in [1.54, 1.807) is 32.6 Å². The SMILES string of the molecule is CCc1cc(Nc2ncc(Cl)c(Nc3cc(Cl)c(Cl)cc3P(C)(C)=O)n2)c(OC)cc1N1CC2(CCN(C3CC3)CC2)C1. The van der Waals surface area contributed by atoms with Gasteiger partial charge in [0.15, 0.2) is 5.82 Å². The Balaban J connectivity index is 1.21. The molecule has 1 aromatic heterocycles. The summed E-state index contributed by atoms with van der Waals surface area (Å²) in [5.74, 6) is 1.40. The van der Waals surface area contributed by atoms with Gasteiger partial charge in [-0.1, -0.05) is 41.7 Å². The average molecular weight is 664 g/mol. The number of ether oxygens (including phenoxy) is 1. The van der Waals surface area contributed by atoms with Crippen LogP contribution in [-0.2, 0) is 11.0 Å². The topological polar surface area (TPSA) is 82.6 Å². The summed E-state index contributed by atoms with van der Waals surface area (Å²) in [6.07, 6.45) is 7.76. The van der Waals surface area contributed by atoms with Gasteiger partial charge in [0, 0.05) is 41.6 Å². The van der Waals surface area contributed by atoms with Crippen molar-refractivity contribution >= 4 is 76.1 Å². The lowest BCUT2D eigenvalue weighted by Crippen LogP contribution is -2.60. The Morgan fingerprint density at radius 1 is 1.00 bits per heavy atom. The van der Waals surface area contributed by atoms with Gasteiger partial charge in [0.25, 0.3) is 0 Å². The van der Waals surface area contributed by atoms with Crippen molar-refractivity contribution in [1.82, 2.24) is 14.9 Å². The Bertz CT molecular complexity index is 1580. The van der Waals surface area contributed by atoms with Crippen molar-refractivity contribution in [3.05, 3.63) is 51.1 Å². The smallest absolute Gasteiger partial charge is 0.229 e. The monoisotopic (exact) mass is 662 g/mol. The number of hydrogen-bond donors (Lipinski definition) is 2. The summed E-state index contributed by atoms with van der Waals surface area (Å²) in [6.45, 7) is 10.2. The number of benzene rings is 2. The molecule has 2 aliphatic heterocycles. The van der Waals surface area contributed by atoms with Crippen LogP contribution < -0.4 is 25.6 Å². The number of likely N-dealkylation sites (tertiary alicyclic amines) is 1. The number of nitrogens with one attached hydrogen (secondary N) is 2. The number of aryl methyl sites for hydroxylation is 1. The molecule has 0 radical (unpaired) electrons. The second-order valence-corrected chi connectivity index (χ2v) is 16.8. The molecule has 2 aromatic carbocycles. The van der Waals surface area contributed by atoms with Crippen LogP contribution in [0.25, 0.3) is 0 Å². The molecule has 1 aliphatic carbocycles. The van der Waals surface area contributed by atoms with Crippen molar-refractivity contribution in [2.75, 3.05) is 62.2 Å². The van der Waals surface area contributed by atoms with E-state index in [9.17, 15) is 4.57 Å². The third kappa shape index (κ3) is 6.46. The fourth-order valence-electron chi connectivity index (χ4n) is 6.36. The van der Waals surface area contributed by atoms with Gasteiger partial charge in [0.1, 0.15) is 17.9 Å². The van der Waals surface area contributed by atoms with Crippen LogP contribution in [0.3, 0.4) is 0 Å². The molecule has 3 aliphatic rings. The number of aromatic nitrogens is 2. The van der Waals surface area contributed by atoms with Gasteiger partial charge >= 0.3 is 0 Å². The Labute approximate surface area is 268 Å². The molecular weight excluding hydrogens is 626 g/mol. The summed E-state index contributed by atoms with van der Waals surface area (Å²) >= 11 is 19.0. The first-order chi connectivity index (χ1) is 20.5.